The number of rotatable bonds is 4. The highest BCUT2D eigenvalue weighted by Crippen LogP contribution is 2.30. The van der Waals surface area contributed by atoms with E-state index in [-0.39, 0.29) is 0 Å². The zero-order valence-electron chi connectivity index (χ0n) is 15.6. The van der Waals surface area contributed by atoms with Crippen LogP contribution in [0.2, 0.25) is 0 Å². The standard InChI is InChI=1S/C21H18FN5OS/c22-21-17(9-14(12-24-21)10-19-23-3-8-29-19)20-16-2-1-15(11-18(16)25-13-26-20)27-4-6-28-7-5-27/h1-3,8-9,11-13H,4-7,10H2. The smallest absolute Gasteiger partial charge is 0.222 e. The van der Waals surface area contributed by atoms with Crippen LogP contribution < -0.4 is 4.90 Å². The summed E-state index contributed by atoms with van der Waals surface area (Å²) in [5.74, 6) is -0.537. The number of halogens is 1. The molecule has 1 aromatic carbocycles. The Kier molecular flexibility index (Phi) is 4.87. The van der Waals surface area contributed by atoms with Crippen molar-refractivity contribution in [2.24, 2.45) is 0 Å². The highest BCUT2D eigenvalue weighted by molar-refractivity contribution is 7.09. The predicted octanol–water partition coefficient (Wildman–Crippen LogP) is 3.71. The monoisotopic (exact) mass is 407 g/mol. The van der Waals surface area contributed by atoms with E-state index in [1.165, 1.54) is 6.33 Å². The Morgan fingerprint density at radius 2 is 1.97 bits per heavy atom. The number of nitrogens with zero attached hydrogens (tertiary/aromatic N) is 5. The number of hydrogen-bond acceptors (Lipinski definition) is 7. The van der Waals surface area contributed by atoms with Crippen LogP contribution in [0.15, 0.2) is 48.4 Å². The molecule has 3 aromatic heterocycles. The maximum atomic E-state index is 14.6. The molecule has 0 aliphatic carbocycles. The van der Waals surface area contributed by atoms with Crippen LogP contribution >= 0.6 is 11.3 Å². The van der Waals surface area contributed by atoms with Gasteiger partial charge in [0.15, 0.2) is 0 Å². The van der Waals surface area contributed by atoms with Gasteiger partial charge >= 0.3 is 0 Å². The molecule has 6 nitrogen and oxygen atoms in total. The summed E-state index contributed by atoms with van der Waals surface area (Å²) in [6.45, 7) is 3.13. The first-order chi connectivity index (χ1) is 14.3. The van der Waals surface area contributed by atoms with Crippen molar-refractivity contribution in [3.8, 4) is 11.3 Å². The Morgan fingerprint density at radius 1 is 1.07 bits per heavy atom. The average molecular weight is 407 g/mol. The van der Waals surface area contributed by atoms with Gasteiger partial charge in [-0.05, 0) is 29.8 Å². The van der Waals surface area contributed by atoms with Crippen LogP contribution in [-0.4, -0.2) is 46.2 Å². The second-order valence-electron chi connectivity index (χ2n) is 6.81. The van der Waals surface area contributed by atoms with Gasteiger partial charge in [0.05, 0.1) is 35.0 Å². The maximum absolute atomic E-state index is 14.6. The minimum absolute atomic E-state index is 0.380. The molecule has 0 saturated carbocycles. The molecule has 146 valence electrons. The van der Waals surface area contributed by atoms with E-state index in [0.29, 0.717) is 17.7 Å². The molecule has 1 fully saturated rings. The van der Waals surface area contributed by atoms with Crippen LogP contribution in [-0.2, 0) is 11.2 Å². The highest BCUT2D eigenvalue weighted by atomic mass is 32.1. The molecule has 0 unspecified atom stereocenters. The van der Waals surface area contributed by atoms with E-state index < -0.39 is 5.95 Å². The minimum Gasteiger partial charge on any atom is -0.378 e. The van der Waals surface area contributed by atoms with Crippen LogP contribution in [0.4, 0.5) is 10.1 Å². The summed E-state index contributed by atoms with van der Waals surface area (Å²) in [5.41, 5.74) is 3.69. The van der Waals surface area contributed by atoms with Gasteiger partial charge in [-0.2, -0.15) is 4.39 Å². The fraction of sp³-hybridized carbons (Fsp3) is 0.238. The molecular weight excluding hydrogens is 389 g/mol. The SMILES string of the molecule is Fc1ncc(Cc2nccs2)cc1-c1ncnc2cc(N3CCOCC3)ccc12. The van der Waals surface area contributed by atoms with Gasteiger partial charge in [0.2, 0.25) is 5.95 Å². The number of hydrogen-bond donors (Lipinski definition) is 0. The van der Waals surface area contributed by atoms with E-state index in [1.807, 2.05) is 23.6 Å². The molecule has 0 radical (unpaired) electrons. The molecule has 0 spiro atoms. The molecule has 1 aliphatic heterocycles. The Balaban J connectivity index is 1.54. The summed E-state index contributed by atoms with van der Waals surface area (Å²) in [5, 5.41) is 3.70. The summed E-state index contributed by atoms with van der Waals surface area (Å²) in [6.07, 6.45) is 5.41. The molecule has 1 saturated heterocycles. The lowest BCUT2D eigenvalue weighted by atomic mass is 10.0. The van der Waals surface area contributed by atoms with E-state index in [1.54, 1.807) is 29.8 Å². The van der Waals surface area contributed by atoms with Crippen molar-refractivity contribution in [1.29, 1.82) is 0 Å². The Hall–Kier alpha value is -2.97. The molecule has 5 rings (SSSR count). The number of fused-ring (bicyclic) bond motifs is 1. The zero-order chi connectivity index (χ0) is 19.6. The van der Waals surface area contributed by atoms with E-state index in [0.717, 1.165) is 53.5 Å². The molecule has 0 bridgehead atoms. The number of ether oxygens (including phenoxy) is 1. The fourth-order valence-corrected chi connectivity index (χ4v) is 4.20. The van der Waals surface area contributed by atoms with Crippen LogP contribution in [0, 0.1) is 5.95 Å². The quantitative estimate of drug-likeness (QED) is 0.481. The molecule has 1 aliphatic rings. The first-order valence-corrected chi connectivity index (χ1v) is 10.3. The van der Waals surface area contributed by atoms with Gasteiger partial charge in [-0.15, -0.1) is 11.3 Å². The minimum atomic E-state index is -0.537. The van der Waals surface area contributed by atoms with Gasteiger partial charge in [-0.1, -0.05) is 0 Å². The number of morpholine rings is 1. The Morgan fingerprint density at radius 3 is 2.79 bits per heavy atom. The van der Waals surface area contributed by atoms with Crippen LogP contribution in [0.3, 0.4) is 0 Å². The molecule has 8 heteroatoms. The van der Waals surface area contributed by atoms with Crippen molar-refractivity contribution in [2.75, 3.05) is 31.2 Å². The third-order valence-corrected chi connectivity index (χ3v) is 5.77. The van der Waals surface area contributed by atoms with E-state index >= 15 is 0 Å². The molecule has 29 heavy (non-hydrogen) atoms. The molecule has 0 atom stereocenters. The van der Waals surface area contributed by atoms with Crippen LogP contribution in [0.25, 0.3) is 22.2 Å². The third-order valence-electron chi connectivity index (χ3n) is 4.99. The lowest BCUT2D eigenvalue weighted by Crippen LogP contribution is -2.36. The number of aromatic nitrogens is 4. The van der Waals surface area contributed by atoms with Crippen molar-refractivity contribution in [2.45, 2.75) is 6.42 Å². The molecule has 4 heterocycles. The highest BCUT2D eigenvalue weighted by Gasteiger charge is 2.16. The molecule has 0 amide bonds. The maximum Gasteiger partial charge on any atom is 0.222 e. The largest absolute Gasteiger partial charge is 0.378 e. The van der Waals surface area contributed by atoms with Crippen LogP contribution in [0.1, 0.15) is 10.6 Å². The second kappa shape index (κ2) is 7.81. The number of thiazole rings is 1. The summed E-state index contributed by atoms with van der Waals surface area (Å²) in [7, 11) is 0. The summed E-state index contributed by atoms with van der Waals surface area (Å²) in [6, 6.07) is 7.83. The van der Waals surface area contributed by atoms with Gasteiger partial charge in [-0.25, -0.2) is 19.9 Å². The lowest BCUT2D eigenvalue weighted by Gasteiger charge is -2.29. The van der Waals surface area contributed by atoms with Gasteiger partial charge in [0.1, 0.15) is 6.33 Å². The third kappa shape index (κ3) is 3.68. The van der Waals surface area contributed by atoms with Crippen molar-refractivity contribution >= 4 is 27.9 Å². The first-order valence-electron chi connectivity index (χ1n) is 9.38. The van der Waals surface area contributed by atoms with E-state index in [2.05, 4.69) is 24.8 Å². The zero-order valence-corrected chi connectivity index (χ0v) is 16.4. The lowest BCUT2D eigenvalue weighted by molar-refractivity contribution is 0.122. The van der Waals surface area contributed by atoms with Gasteiger partial charge in [0.25, 0.3) is 0 Å². The molecule has 4 aromatic rings. The van der Waals surface area contributed by atoms with E-state index in [4.69, 9.17) is 4.74 Å². The van der Waals surface area contributed by atoms with Gasteiger partial charge in [-0.3, -0.25) is 0 Å². The van der Waals surface area contributed by atoms with Crippen molar-refractivity contribution in [3.63, 3.8) is 0 Å². The van der Waals surface area contributed by atoms with Crippen molar-refractivity contribution in [3.05, 3.63) is 64.9 Å². The first kappa shape index (κ1) is 18.1. The second-order valence-corrected chi connectivity index (χ2v) is 7.79. The topological polar surface area (TPSA) is 64.0 Å². The average Bonchev–Trinajstić information content (AvgIpc) is 3.28. The molecular formula is C21H18FN5OS. The fourth-order valence-electron chi connectivity index (χ4n) is 3.55. The predicted molar refractivity (Wildman–Crippen MR) is 111 cm³/mol. The summed E-state index contributed by atoms with van der Waals surface area (Å²) < 4.78 is 20.1. The van der Waals surface area contributed by atoms with Gasteiger partial charge < -0.3 is 9.64 Å². The van der Waals surface area contributed by atoms with E-state index in [9.17, 15) is 4.39 Å². The van der Waals surface area contributed by atoms with Crippen molar-refractivity contribution in [1.82, 2.24) is 19.9 Å². The number of pyridine rings is 1. The Labute approximate surface area is 171 Å². The van der Waals surface area contributed by atoms with Crippen LogP contribution in [0.5, 0.6) is 0 Å². The Bertz CT molecular complexity index is 1150. The van der Waals surface area contributed by atoms with Gasteiger partial charge in [0, 0.05) is 48.4 Å². The summed E-state index contributed by atoms with van der Waals surface area (Å²) >= 11 is 1.57. The van der Waals surface area contributed by atoms with Crippen molar-refractivity contribution < 1.29 is 9.13 Å². The normalized spacial score (nSPS) is 14.4. The molecule has 0 N–H and O–H groups in total. The number of benzene rings is 1. The summed E-state index contributed by atoms with van der Waals surface area (Å²) in [4.78, 5) is 19.3. The number of anilines is 1.